The van der Waals surface area contributed by atoms with Gasteiger partial charge in [-0.2, -0.15) is 5.10 Å². The summed E-state index contributed by atoms with van der Waals surface area (Å²) in [4.78, 5) is 35.0. The number of carbonyl (C=O) groups excluding carboxylic acids is 2. The highest BCUT2D eigenvalue weighted by Crippen LogP contribution is 2.36. The number of hydrogen-bond donors (Lipinski definition) is 2. The van der Waals surface area contributed by atoms with Crippen LogP contribution in [0.15, 0.2) is 76.3 Å². The van der Waals surface area contributed by atoms with Gasteiger partial charge < -0.3 is 14.8 Å². The van der Waals surface area contributed by atoms with Crippen molar-refractivity contribution in [1.29, 1.82) is 0 Å². The molecule has 0 unspecified atom stereocenters. The second kappa shape index (κ2) is 13.0. The second-order valence-corrected chi connectivity index (χ2v) is 8.18. The SMILES string of the molecule is CCOc1cc(/C=N/NC(=O)Cc2ccccc2[N+](=O)[O-])cc(Br)c1OCC(=O)Nc1ccccc1. The molecule has 2 amide bonds. The van der Waals surface area contributed by atoms with Crippen LogP contribution in [0, 0.1) is 10.1 Å². The maximum Gasteiger partial charge on any atom is 0.273 e. The molecule has 0 radical (unpaired) electrons. The van der Waals surface area contributed by atoms with Crippen molar-refractivity contribution in [2.24, 2.45) is 5.10 Å². The average molecular weight is 555 g/mol. The standard InChI is InChI=1S/C25H23BrN4O6/c1-2-35-22-13-17(15-27-29-23(31)14-18-8-6-7-11-21(18)30(33)34)12-20(26)25(22)36-16-24(32)28-19-9-4-3-5-10-19/h3-13,15H,2,14,16H2,1H3,(H,28,32)(H,29,31)/b27-15+. The maximum absolute atomic E-state index is 12.2. The highest BCUT2D eigenvalue weighted by atomic mass is 79.9. The molecule has 10 nitrogen and oxygen atoms in total. The molecular formula is C25H23BrN4O6. The van der Waals surface area contributed by atoms with Gasteiger partial charge in [0.25, 0.3) is 11.6 Å². The van der Waals surface area contributed by atoms with Gasteiger partial charge >= 0.3 is 0 Å². The van der Waals surface area contributed by atoms with Crippen LogP contribution < -0.4 is 20.2 Å². The van der Waals surface area contributed by atoms with Gasteiger partial charge in [0.15, 0.2) is 18.1 Å². The number of amides is 2. The third-order valence-electron chi connectivity index (χ3n) is 4.68. The number of nitro benzene ring substituents is 1. The van der Waals surface area contributed by atoms with Gasteiger partial charge in [0.05, 0.1) is 28.6 Å². The number of benzene rings is 3. The minimum absolute atomic E-state index is 0.130. The van der Waals surface area contributed by atoms with Crippen molar-refractivity contribution >= 4 is 45.3 Å². The first-order valence-corrected chi connectivity index (χ1v) is 11.6. The summed E-state index contributed by atoms with van der Waals surface area (Å²) in [5.74, 6) is -0.110. The van der Waals surface area contributed by atoms with E-state index in [-0.39, 0.29) is 30.2 Å². The molecule has 3 aromatic carbocycles. The highest BCUT2D eigenvalue weighted by Gasteiger charge is 2.16. The van der Waals surface area contributed by atoms with Crippen LogP contribution in [0.1, 0.15) is 18.1 Å². The zero-order valence-corrected chi connectivity index (χ0v) is 20.9. The first kappa shape index (κ1) is 26.4. The lowest BCUT2D eigenvalue weighted by Gasteiger charge is -2.14. The van der Waals surface area contributed by atoms with Gasteiger partial charge in [-0.3, -0.25) is 19.7 Å². The summed E-state index contributed by atoms with van der Waals surface area (Å²) in [7, 11) is 0. The topological polar surface area (TPSA) is 132 Å². The predicted molar refractivity (Wildman–Crippen MR) is 138 cm³/mol. The third-order valence-corrected chi connectivity index (χ3v) is 5.27. The number of anilines is 1. The van der Waals surface area contributed by atoms with E-state index < -0.39 is 10.8 Å². The van der Waals surface area contributed by atoms with Crippen molar-refractivity contribution in [2.75, 3.05) is 18.5 Å². The van der Waals surface area contributed by atoms with Gasteiger partial charge in [0.2, 0.25) is 5.91 Å². The van der Waals surface area contributed by atoms with E-state index in [1.165, 1.54) is 24.4 Å². The molecule has 0 saturated heterocycles. The first-order chi connectivity index (χ1) is 17.4. The normalized spacial score (nSPS) is 10.6. The number of nitrogens with zero attached hydrogens (tertiary/aromatic N) is 2. The Morgan fingerprint density at radius 1 is 1.06 bits per heavy atom. The summed E-state index contributed by atoms with van der Waals surface area (Å²) < 4.78 is 11.9. The summed E-state index contributed by atoms with van der Waals surface area (Å²) >= 11 is 3.42. The predicted octanol–water partition coefficient (Wildman–Crippen LogP) is 4.47. The van der Waals surface area contributed by atoms with Crippen LogP contribution in [0.2, 0.25) is 0 Å². The van der Waals surface area contributed by atoms with Crippen LogP contribution in [0.3, 0.4) is 0 Å². The lowest BCUT2D eigenvalue weighted by atomic mass is 10.1. The number of hydrazone groups is 1. The van der Waals surface area contributed by atoms with E-state index in [4.69, 9.17) is 9.47 Å². The molecule has 0 saturated carbocycles. The average Bonchev–Trinajstić information content (AvgIpc) is 2.84. The van der Waals surface area contributed by atoms with Crippen LogP contribution in [-0.2, 0) is 16.0 Å². The molecule has 2 N–H and O–H groups in total. The van der Waals surface area contributed by atoms with Crippen LogP contribution in [0.25, 0.3) is 0 Å². The Morgan fingerprint density at radius 3 is 2.50 bits per heavy atom. The monoisotopic (exact) mass is 554 g/mol. The number of hydrogen-bond acceptors (Lipinski definition) is 7. The van der Waals surface area contributed by atoms with Gasteiger partial charge in [-0.15, -0.1) is 0 Å². The summed E-state index contributed by atoms with van der Waals surface area (Å²) in [5.41, 5.74) is 3.76. The Kier molecular flexibility index (Phi) is 9.52. The maximum atomic E-state index is 12.2. The molecule has 3 aromatic rings. The summed E-state index contributed by atoms with van der Waals surface area (Å²) in [6.07, 6.45) is 1.21. The first-order valence-electron chi connectivity index (χ1n) is 10.9. The van der Waals surface area contributed by atoms with Gasteiger partial charge in [-0.25, -0.2) is 5.43 Å². The minimum atomic E-state index is -0.534. The number of rotatable bonds is 11. The molecule has 0 aliphatic heterocycles. The number of nitro groups is 1. The van der Waals surface area contributed by atoms with E-state index in [0.717, 1.165) is 0 Å². The summed E-state index contributed by atoms with van der Waals surface area (Å²) in [6.45, 7) is 1.93. The van der Waals surface area contributed by atoms with Crippen LogP contribution in [0.5, 0.6) is 11.5 Å². The van der Waals surface area contributed by atoms with Gasteiger partial charge in [0, 0.05) is 17.3 Å². The van der Waals surface area contributed by atoms with Crippen molar-refractivity contribution in [1.82, 2.24) is 5.43 Å². The van der Waals surface area contributed by atoms with Gasteiger partial charge in [-0.05, 0) is 52.7 Å². The number of para-hydroxylation sites is 2. The molecule has 0 heterocycles. The van der Waals surface area contributed by atoms with E-state index >= 15 is 0 Å². The van der Waals surface area contributed by atoms with E-state index in [9.17, 15) is 19.7 Å². The lowest BCUT2D eigenvalue weighted by molar-refractivity contribution is -0.385. The van der Waals surface area contributed by atoms with Crippen molar-refractivity contribution in [3.05, 3.63) is 92.4 Å². The fourth-order valence-corrected chi connectivity index (χ4v) is 3.73. The zero-order chi connectivity index (χ0) is 25.9. The molecule has 0 aromatic heterocycles. The minimum Gasteiger partial charge on any atom is -0.490 e. The molecule has 0 spiro atoms. The van der Waals surface area contributed by atoms with Gasteiger partial charge in [0.1, 0.15) is 0 Å². The quantitative estimate of drug-likeness (QED) is 0.204. The number of ether oxygens (including phenoxy) is 2. The second-order valence-electron chi connectivity index (χ2n) is 7.32. The van der Waals surface area contributed by atoms with Crippen molar-refractivity contribution in [3.8, 4) is 11.5 Å². The molecule has 0 aliphatic rings. The molecule has 0 aliphatic carbocycles. The number of carbonyl (C=O) groups is 2. The Hall–Kier alpha value is -4.25. The van der Waals surface area contributed by atoms with E-state index in [2.05, 4.69) is 31.8 Å². The molecule has 186 valence electrons. The van der Waals surface area contributed by atoms with E-state index in [1.807, 2.05) is 25.1 Å². The Morgan fingerprint density at radius 2 is 1.78 bits per heavy atom. The smallest absolute Gasteiger partial charge is 0.273 e. The largest absolute Gasteiger partial charge is 0.490 e. The van der Waals surface area contributed by atoms with Crippen molar-refractivity contribution in [3.63, 3.8) is 0 Å². The third kappa shape index (κ3) is 7.64. The van der Waals surface area contributed by atoms with Crippen molar-refractivity contribution < 1.29 is 24.0 Å². The molecule has 36 heavy (non-hydrogen) atoms. The zero-order valence-electron chi connectivity index (χ0n) is 19.3. The fraction of sp³-hybridized carbons (Fsp3) is 0.160. The van der Waals surface area contributed by atoms with E-state index in [0.29, 0.717) is 33.8 Å². The fourth-order valence-electron chi connectivity index (χ4n) is 3.15. The number of nitrogens with one attached hydrogen (secondary N) is 2. The molecule has 0 fully saturated rings. The van der Waals surface area contributed by atoms with Crippen LogP contribution >= 0.6 is 15.9 Å². The van der Waals surface area contributed by atoms with Crippen molar-refractivity contribution in [2.45, 2.75) is 13.3 Å². The Bertz CT molecular complexity index is 1270. The Balaban J connectivity index is 1.63. The summed E-state index contributed by atoms with van der Waals surface area (Å²) in [6, 6.07) is 18.4. The lowest BCUT2D eigenvalue weighted by Crippen LogP contribution is -2.20. The van der Waals surface area contributed by atoms with Crippen LogP contribution in [0.4, 0.5) is 11.4 Å². The highest BCUT2D eigenvalue weighted by molar-refractivity contribution is 9.10. The summed E-state index contributed by atoms with van der Waals surface area (Å²) in [5, 5.41) is 17.8. The number of halogens is 1. The van der Waals surface area contributed by atoms with Gasteiger partial charge in [-0.1, -0.05) is 36.4 Å². The van der Waals surface area contributed by atoms with Crippen LogP contribution in [-0.4, -0.2) is 36.2 Å². The molecule has 11 heteroatoms. The molecule has 3 rings (SSSR count). The molecular weight excluding hydrogens is 532 g/mol. The molecule has 0 atom stereocenters. The van der Waals surface area contributed by atoms with E-state index in [1.54, 1.807) is 30.3 Å². The molecule has 0 bridgehead atoms. The Labute approximate surface area is 215 Å².